The summed E-state index contributed by atoms with van der Waals surface area (Å²) in [4.78, 5) is 58.6. The Balaban J connectivity index is 1.38. The number of imide groups is 2. The summed E-state index contributed by atoms with van der Waals surface area (Å²) >= 11 is 0. The van der Waals surface area contributed by atoms with Crippen LogP contribution in [-0.2, 0) is 0 Å². The zero-order chi connectivity index (χ0) is 32.3. The van der Waals surface area contributed by atoms with Crippen molar-refractivity contribution in [2.75, 3.05) is 13.1 Å². The largest absolute Gasteiger partial charge is 0.274 e. The Kier molecular flexibility index (Phi) is 7.78. The molecule has 2 atom stereocenters. The smallest absolute Gasteiger partial charge is 0.261 e. The summed E-state index contributed by atoms with van der Waals surface area (Å²) in [7, 11) is 0. The Labute approximate surface area is 270 Å². The number of fused-ring (bicyclic) bond motifs is 2. The number of amides is 4. The Morgan fingerprint density at radius 2 is 0.761 bits per heavy atom. The number of benzene rings is 5. The van der Waals surface area contributed by atoms with E-state index in [4.69, 9.17) is 0 Å². The summed E-state index contributed by atoms with van der Waals surface area (Å²) in [5.41, 5.74) is 2.24. The average molecular weight is 615 g/mol. The van der Waals surface area contributed by atoms with Gasteiger partial charge in [-0.25, -0.2) is 0 Å². The number of unbranched alkanes of at least 4 members (excludes halogenated alkanes) is 2. The molecule has 0 bridgehead atoms. The van der Waals surface area contributed by atoms with Crippen LogP contribution < -0.4 is 0 Å². The highest BCUT2D eigenvalue weighted by Gasteiger charge is 2.37. The third kappa shape index (κ3) is 4.44. The van der Waals surface area contributed by atoms with Crippen LogP contribution in [0.3, 0.4) is 0 Å². The molecule has 7 rings (SSSR count). The Morgan fingerprint density at radius 3 is 1.02 bits per heavy atom. The molecular weight excluding hydrogens is 572 g/mol. The van der Waals surface area contributed by atoms with Crippen LogP contribution in [0.1, 0.15) is 120 Å². The van der Waals surface area contributed by atoms with Gasteiger partial charge in [-0.2, -0.15) is 0 Å². The third-order valence-electron chi connectivity index (χ3n) is 10.8. The van der Waals surface area contributed by atoms with Crippen molar-refractivity contribution in [1.29, 1.82) is 0 Å². The Hall–Kier alpha value is -4.32. The second-order valence-electron chi connectivity index (χ2n) is 13.4. The van der Waals surface area contributed by atoms with Crippen LogP contribution in [0.4, 0.5) is 0 Å². The highest BCUT2D eigenvalue weighted by Crippen LogP contribution is 2.46. The van der Waals surface area contributed by atoms with Gasteiger partial charge in [0.1, 0.15) is 0 Å². The number of nitrogens with zero attached hydrogens (tertiary/aromatic N) is 2. The second-order valence-corrected chi connectivity index (χ2v) is 13.4. The van der Waals surface area contributed by atoms with Gasteiger partial charge in [0.05, 0.1) is 0 Å². The summed E-state index contributed by atoms with van der Waals surface area (Å²) in [6, 6.07) is 15.4. The van der Waals surface area contributed by atoms with Crippen molar-refractivity contribution >= 4 is 66.7 Å². The molecule has 0 unspecified atom stereocenters. The first kappa shape index (κ1) is 30.3. The normalized spacial score (nSPS) is 16.2. The number of carbonyl (C=O) groups is 4. The van der Waals surface area contributed by atoms with E-state index in [0.717, 1.165) is 83.7 Å². The van der Waals surface area contributed by atoms with Crippen LogP contribution in [0.25, 0.3) is 43.1 Å². The molecule has 0 N–H and O–H groups in total. The van der Waals surface area contributed by atoms with Crippen molar-refractivity contribution in [1.82, 2.24) is 9.80 Å². The SMILES string of the molecule is CCCC[C@@H](CC)CN1C(=O)c2ccc3c4ccc5c6c(ccc(c7ccc(c2c37)C1=O)c64)C(=O)N(C[C@H](CC)CCCC)C5=O. The molecule has 5 aromatic rings. The summed E-state index contributed by atoms with van der Waals surface area (Å²) < 4.78 is 0. The molecule has 0 saturated heterocycles. The molecule has 2 aliphatic rings. The predicted molar refractivity (Wildman–Crippen MR) is 185 cm³/mol. The maximum atomic E-state index is 13.9. The molecule has 5 aromatic carbocycles. The molecule has 2 heterocycles. The third-order valence-corrected chi connectivity index (χ3v) is 10.8. The number of carbonyl (C=O) groups excluding carboxylic acids is 4. The van der Waals surface area contributed by atoms with Crippen LogP contribution in [0.15, 0.2) is 48.5 Å². The van der Waals surface area contributed by atoms with Crippen molar-refractivity contribution in [3.05, 3.63) is 70.8 Å². The van der Waals surface area contributed by atoms with E-state index in [2.05, 4.69) is 27.7 Å². The lowest BCUT2D eigenvalue weighted by molar-refractivity contribution is 0.0565. The molecule has 4 amide bonds. The quantitative estimate of drug-likeness (QED) is 0.0797. The highest BCUT2D eigenvalue weighted by molar-refractivity contribution is 6.41. The molecule has 0 aliphatic carbocycles. The summed E-state index contributed by atoms with van der Waals surface area (Å²) in [5, 5.41) is 6.87. The van der Waals surface area contributed by atoms with Crippen molar-refractivity contribution in [2.45, 2.75) is 79.1 Å². The first-order valence-electron chi connectivity index (χ1n) is 17.3. The van der Waals surface area contributed by atoms with Crippen LogP contribution in [0, 0.1) is 11.8 Å². The fourth-order valence-corrected chi connectivity index (χ4v) is 8.05. The average Bonchev–Trinajstić information content (AvgIpc) is 3.08. The number of hydrogen-bond donors (Lipinski definition) is 0. The second kappa shape index (κ2) is 11.8. The molecular formula is C40H42N2O4. The van der Waals surface area contributed by atoms with E-state index < -0.39 is 0 Å². The Bertz CT molecular complexity index is 1790. The monoisotopic (exact) mass is 614 g/mol. The van der Waals surface area contributed by atoms with Crippen molar-refractivity contribution in [3.63, 3.8) is 0 Å². The van der Waals surface area contributed by atoms with Crippen LogP contribution in [-0.4, -0.2) is 46.5 Å². The first-order valence-corrected chi connectivity index (χ1v) is 17.3. The van der Waals surface area contributed by atoms with Gasteiger partial charge in [0, 0.05) is 46.1 Å². The first-order chi connectivity index (χ1) is 22.3. The lowest BCUT2D eigenvalue weighted by atomic mass is 9.82. The molecule has 46 heavy (non-hydrogen) atoms. The zero-order valence-corrected chi connectivity index (χ0v) is 27.4. The minimum Gasteiger partial charge on any atom is -0.274 e. The van der Waals surface area contributed by atoms with Crippen molar-refractivity contribution < 1.29 is 19.2 Å². The summed E-state index contributed by atoms with van der Waals surface area (Å²) in [6.45, 7) is 9.44. The minimum absolute atomic E-state index is 0.229. The molecule has 2 aliphatic heterocycles. The zero-order valence-electron chi connectivity index (χ0n) is 27.4. The topological polar surface area (TPSA) is 74.8 Å². The van der Waals surface area contributed by atoms with Crippen LogP contribution >= 0.6 is 0 Å². The molecule has 0 fully saturated rings. The molecule has 6 nitrogen and oxygen atoms in total. The predicted octanol–water partition coefficient (Wildman–Crippen LogP) is 9.36. The van der Waals surface area contributed by atoms with Gasteiger partial charge in [0.25, 0.3) is 23.6 Å². The van der Waals surface area contributed by atoms with Crippen LogP contribution in [0.2, 0.25) is 0 Å². The van der Waals surface area contributed by atoms with Gasteiger partial charge in [0.2, 0.25) is 0 Å². The molecule has 6 heteroatoms. The van der Waals surface area contributed by atoms with E-state index in [1.807, 2.05) is 48.5 Å². The molecule has 0 radical (unpaired) electrons. The minimum atomic E-state index is -0.229. The molecule has 0 spiro atoms. The standard InChI is InChI=1S/C40H42N2O4/c1-5-9-11-23(7-3)21-41-37(43)29-17-13-25-27-15-19-31-36-32(40(46)42(39(31)45)22-24(8-4)12-10-6-2)20-16-28(34(27)36)26-14-18-30(38(41)44)35(29)33(25)26/h13-20,23-24H,5-12,21-22H2,1-4H3/t23-,24-/m1/s1. The Morgan fingerprint density at radius 1 is 0.457 bits per heavy atom. The van der Waals surface area contributed by atoms with Gasteiger partial charge in [-0.05, 0) is 81.3 Å². The van der Waals surface area contributed by atoms with E-state index in [1.165, 1.54) is 9.80 Å². The van der Waals surface area contributed by atoms with Gasteiger partial charge in [0.15, 0.2) is 0 Å². The van der Waals surface area contributed by atoms with E-state index in [-0.39, 0.29) is 35.5 Å². The lowest BCUT2D eigenvalue weighted by Crippen LogP contribution is -2.43. The maximum absolute atomic E-state index is 13.9. The van der Waals surface area contributed by atoms with E-state index in [0.29, 0.717) is 46.1 Å². The van der Waals surface area contributed by atoms with Crippen molar-refractivity contribution in [2.24, 2.45) is 11.8 Å². The molecule has 0 saturated carbocycles. The van der Waals surface area contributed by atoms with E-state index in [1.54, 1.807) is 0 Å². The van der Waals surface area contributed by atoms with Gasteiger partial charge in [-0.1, -0.05) is 90.5 Å². The summed E-state index contributed by atoms with van der Waals surface area (Å²) in [5.74, 6) is -0.361. The molecule has 236 valence electrons. The van der Waals surface area contributed by atoms with Gasteiger partial charge in [-0.3, -0.25) is 29.0 Å². The summed E-state index contributed by atoms with van der Waals surface area (Å²) in [6.07, 6.45) is 8.16. The fourth-order valence-electron chi connectivity index (χ4n) is 8.05. The van der Waals surface area contributed by atoms with Crippen LogP contribution in [0.5, 0.6) is 0 Å². The van der Waals surface area contributed by atoms with Gasteiger partial charge in [-0.15, -0.1) is 0 Å². The molecule has 0 aromatic heterocycles. The highest BCUT2D eigenvalue weighted by atomic mass is 16.2. The maximum Gasteiger partial charge on any atom is 0.261 e. The number of hydrogen-bond acceptors (Lipinski definition) is 4. The van der Waals surface area contributed by atoms with Gasteiger partial charge < -0.3 is 0 Å². The van der Waals surface area contributed by atoms with Gasteiger partial charge >= 0.3 is 0 Å². The number of rotatable bonds is 12. The van der Waals surface area contributed by atoms with Crippen molar-refractivity contribution in [3.8, 4) is 0 Å². The van der Waals surface area contributed by atoms with E-state index >= 15 is 0 Å². The lowest BCUT2D eigenvalue weighted by Gasteiger charge is -2.32. The fraction of sp³-hybridized carbons (Fsp3) is 0.400. The van der Waals surface area contributed by atoms with E-state index in [9.17, 15) is 19.2 Å².